The molecule has 3 aromatic rings. The Morgan fingerprint density at radius 1 is 1.21 bits per heavy atom. The van der Waals surface area contributed by atoms with E-state index in [9.17, 15) is 17.2 Å². The summed E-state index contributed by atoms with van der Waals surface area (Å²) in [6.45, 7) is 0.407. The third-order valence-corrected chi connectivity index (χ3v) is 6.09. The molecule has 3 N–H and O–H groups in total. The number of nitrogens with one attached hydrogen (secondary N) is 1. The molecule has 0 radical (unpaired) electrons. The fraction of sp³-hybridized carbons (Fsp3) is 0.167. The molecule has 0 saturated heterocycles. The van der Waals surface area contributed by atoms with Crippen LogP contribution in [0.5, 0.6) is 11.5 Å². The number of hydrogen-bond acceptors (Lipinski definition) is 6. The molecule has 0 aliphatic heterocycles. The molecule has 0 atom stereocenters. The summed E-state index contributed by atoms with van der Waals surface area (Å²) in [6.07, 6.45) is 1.05. The quantitative estimate of drug-likeness (QED) is 0.515. The number of aryl methyl sites for hydroxylation is 1. The van der Waals surface area contributed by atoms with Crippen molar-refractivity contribution in [2.75, 3.05) is 11.3 Å². The average Bonchev–Trinajstić information content (AvgIpc) is 3.16. The van der Waals surface area contributed by atoms with Gasteiger partial charge in [-0.05, 0) is 49.2 Å². The van der Waals surface area contributed by atoms with Gasteiger partial charge in [0, 0.05) is 11.4 Å². The normalized spacial score (nSPS) is 11.4. The van der Waals surface area contributed by atoms with Gasteiger partial charge in [-0.25, -0.2) is 22.2 Å². The van der Waals surface area contributed by atoms with Gasteiger partial charge >= 0.3 is 0 Å². The molecule has 0 fully saturated rings. The number of anilines is 1. The lowest BCUT2D eigenvalue weighted by molar-refractivity contribution is 0.465. The Balaban J connectivity index is 1.91. The molecule has 6 nitrogen and oxygen atoms in total. The maximum absolute atomic E-state index is 14.6. The zero-order valence-corrected chi connectivity index (χ0v) is 17.3. The number of nitrogens with two attached hydrogens (primary N) is 1. The van der Waals surface area contributed by atoms with E-state index in [1.807, 2.05) is 0 Å². The van der Waals surface area contributed by atoms with E-state index in [4.69, 9.17) is 22.1 Å². The number of halogens is 3. The van der Waals surface area contributed by atoms with Crippen molar-refractivity contribution in [1.82, 2.24) is 4.98 Å². The molecule has 0 saturated carbocycles. The summed E-state index contributed by atoms with van der Waals surface area (Å²) in [5, 5.41) is 1.34. The van der Waals surface area contributed by atoms with Crippen LogP contribution in [0.3, 0.4) is 0 Å². The molecule has 0 amide bonds. The van der Waals surface area contributed by atoms with E-state index in [-0.39, 0.29) is 22.3 Å². The van der Waals surface area contributed by atoms with E-state index >= 15 is 0 Å². The van der Waals surface area contributed by atoms with Crippen molar-refractivity contribution in [2.45, 2.75) is 17.7 Å². The van der Waals surface area contributed by atoms with Crippen LogP contribution in [-0.4, -0.2) is 19.9 Å². The van der Waals surface area contributed by atoms with Crippen molar-refractivity contribution in [3.8, 4) is 11.5 Å². The van der Waals surface area contributed by atoms with Crippen LogP contribution < -0.4 is 15.2 Å². The Labute approximate surface area is 175 Å². The molecule has 2 aromatic carbocycles. The molecular formula is C18H16ClF2N3O3S2. The number of benzene rings is 2. The highest BCUT2D eigenvalue weighted by molar-refractivity contribution is 7.92. The van der Waals surface area contributed by atoms with Crippen molar-refractivity contribution in [3.63, 3.8) is 0 Å². The van der Waals surface area contributed by atoms with Crippen LogP contribution in [0.2, 0.25) is 5.02 Å². The van der Waals surface area contributed by atoms with Gasteiger partial charge < -0.3 is 10.5 Å². The third kappa shape index (κ3) is 5.21. The lowest BCUT2D eigenvalue weighted by atomic mass is 10.1. The van der Waals surface area contributed by atoms with Gasteiger partial charge in [0.15, 0.2) is 5.82 Å². The first-order valence-corrected chi connectivity index (χ1v) is 11.2. The minimum Gasteiger partial charge on any atom is -0.455 e. The Kier molecular flexibility index (Phi) is 6.68. The van der Waals surface area contributed by atoms with Gasteiger partial charge in [0.05, 0.1) is 10.5 Å². The molecule has 3 rings (SSSR count). The monoisotopic (exact) mass is 459 g/mol. The summed E-state index contributed by atoms with van der Waals surface area (Å²) < 4.78 is 60.8. The van der Waals surface area contributed by atoms with Crippen molar-refractivity contribution in [3.05, 3.63) is 63.4 Å². The Morgan fingerprint density at radius 3 is 2.69 bits per heavy atom. The molecule has 154 valence electrons. The molecule has 0 unspecified atom stereocenters. The fourth-order valence-electron chi connectivity index (χ4n) is 2.50. The van der Waals surface area contributed by atoms with Crippen LogP contribution in [0, 0.1) is 11.6 Å². The summed E-state index contributed by atoms with van der Waals surface area (Å²) in [4.78, 5) is 3.15. The molecular weight excluding hydrogens is 444 g/mol. The molecule has 29 heavy (non-hydrogen) atoms. The van der Waals surface area contributed by atoms with Gasteiger partial charge in [0.1, 0.15) is 28.0 Å². The third-order valence-electron chi connectivity index (χ3n) is 3.84. The summed E-state index contributed by atoms with van der Waals surface area (Å²) in [7, 11) is -4.24. The zero-order chi connectivity index (χ0) is 21.0. The number of ether oxygens (including phenoxy) is 1. The van der Waals surface area contributed by atoms with E-state index in [1.54, 1.807) is 0 Å². The molecule has 0 aliphatic rings. The van der Waals surface area contributed by atoms with Crippen molar-refractivity contribution >= 4 is 38.8 Å². The highest BCUT2D eigenvalue weighted by Crippen LogP contribution is 2.35. The summed E-state index contributed by atoms with van der Waals surface area (Å²) in [6, 6.07) is 5.70. The lowest BCUT2D eigenvalue weighted by Crippen LogP contribution is -2.15. The number of nitrogens with zero attached hydrogens (tertiary/aromatic N) is 1. The van der Waals surface area contributed by atoms with Crippen LogP contribution in [0.4, 0.5) is 14.6 Å². The fourth-order valence-corrected chi connectivity index (χ4v) is 4.42. The molecule has 0 aliphatic carbocycles. The number of rotatable bonds is 8. The molecule has 1 heterocycles. The van der Waals surface area contributed by atoms with Gasteiger partial charge in [-0.3, -0.25) is 4.72 Å². The number of sulfonamides is 1. The minimum atomic E-state index is -4.24. The number of thiazole rings is 1. The minimum absolute atomic E-state index is 0.0710. The summed E-state index contributed by atoms with van der Waals surface area (Å²) in [5.74, 6) is -1.26. The van der Waals surface area contributed by atoms with Gasteiger partial charge in [-0.1, -0.05) is 11.6 Å². The highest BCUT2D eigenvalue weighted by atomic mass is 35.5. The largest absolute Gasteiger partial charge is 0.455 e. The first-order chi connectivity index (χ1) is 13.8. The lowest BCUT2D eigenvalue weighted by Gasteiger charge is -2.14. The number of aromatic nitrogens is 1. The van der Waals surface area contributed by atoms with Gasteiger partial charge in [0.25, 0.3) is 10.0 Å². The first kappa shape index (κ1) is 21.4. The molecule has 11 heteroatoms. The second-order valence-corrected chi connectivity index (χ2v) is 8.72. The Morgan fingerprint density at radius 2 is 2.00 bits per heavy atom. The SMILES string of the molecule is NCCCc1cc(F)ccc1Oc1cc(F)c(S(=O)(=O)Nc2cscn2)cc1Cl. The van der Waals surface area contributed by atoms with E-state index < -0.39 is 26.6 Å². The van der Waals surface area contributed by atoms with Gasteiger partial charge in [-0.2, -0.15) is 0 Å². The average molecular weight is 460 g/mol. The van der Waals surface area contributed by atoms with Crippen molar-refractivity contribution in [1.29, 1.82) is 0 Å². The van der Waals surface area contributed by atoms with E-state index in [0.717, 1.165) is 12.1 Å². The summed E-state index contributed by atoms with van der Waals surface area (Å²) >= 11 is 7.32. The van der Waals surface area contributed by atoms with Crippen LogP contribution >= 0.6 is 22.9 Å². The van der Waals surface area contributed by atoms with Crippen LogP contribution in [0.25, 0.3) is 0 Å². The van der Waals surface area contributed by atoms with E-state index in [0.29, 0.717) is 24.9 Å². The molecule has 0 spiro atoms. The predicted octanol–water partition coefficient (Wildman–Crippen LogP) is 4.56. The van der Waals surface area contributed by atoms with E-state index in [1.165, 1.54) is 40.4 Å². The number of hydrogen-bond donors (Lipinski definition) is 2. The standard InChI is InChI=1S/C18H16ClF2N3O3S2/c19-13-7-17(29(25,26)24-18-9-28-10-23-18)14(21)8-16(13)27-15-4-3-12(20)6-11(15)2-1-5-22/h3-4,6-10,24H,1-2,5,22H2. The second kappa shape index (κ2) is 9.04. The zero-order valence-electron chi connectivity index (χ0n) is 14.9. The Bertz CT molecular complexity index is 1110. The van der Waals surface area contributed by atoms with Gasteiger partial charge in [0.2, 0.25) is 0 Å². The summed E-state index contributed by atoms with van der Waals surface area (Å²) in [5.41, 5.74) is 7.46. The van der Waals surface area contributed by atoms with Crippen LogP contribution in [0.1, 0.15) is 12.0 Å². The molecule has 1 aromatic heterocycles. The van der Waals surface area contributed by atoms with Crippen molar-refractivity contribution < 1.29 is 21.9 Å². The van der Waals surface area contributed by atoms with Crippen molar-refractivity contribution in [2.24, 2.45) is 5.73 Å². The first-order valence-electron chi connectivity index (χ1n) is 8.36. The second-order valence-electron chi connectivity index (χ2n) is 5.94. The Hall–Kier alpha value is -2.27. The van der Waals surface area contributed by atoms with Crippen LogP contribution in [-0.2, 0) is 16.4 Å². The topological polar surface area (TPSA) is 94.3 Å². The smallest absolute Gasteiger partial charge is 0.266 e. The maximum atomic E-state index is 14.6. The maximum Gasteiger partial charge on any atom is 0.266 e. The van der Waals surface area contributed by atoms with Crippen LogP contribution in [0.15, 0.2) is 46.1 Å². The predicted molar refractivity (Wildman–Crippen MR) is 108 cm³/mol. The van der Waals surface area contributed by atoms with Gasteiger partial charge in [-0.15, -0.1) is 11.3 Å². The highest BCUT2D eigenvalue weighted by Gasteiger charge is 2.23. The van der Waals surface area contributed by atoms with E-state index in [2.05, 4.69) is 9.71 Å². The molecule has 0 bridgehead atoms.